The van der Waals surface area contributed by atoms with Gasteiger partial charge in [0.15, 0.2) is 0 Å². The molecule has 0 N–H and O–H groups in total. The molecule has 0 aliphatic carbocycles. The summed E-state index contributed by atoms with van der Waals surface area (Å²) in [4.78, 5) is 32.6. The molecule has 11 heteroatoms. The number of para-hydroxylation sites is 1. The third kappa shape index (κ3) is 4.96. The number of carbonyl (C=O) groups excluding carboxylic acids is 2. The minimum Gasteiger partial charge on any atom is -0.459 e. The standard InChI is InChI=1S/C26H33FN6O4/c1-4-36-25(35)24(34)32-14-10-18(11-15-32)31-12-8-17(9-13-31)23-28-26(30-37-23)33-22-19(6-5-7-20(22)27)21(29-33)16(2)3/h5-7,16-18H,4,8-15H2,1-3H3. The molecular weight excluding hydrogens is 479 g/mol. The molecule has 0 unspecified atom stereocenters. The van der Waals surface area contributed by atoms with Gasteiger partial charge in [0.1, 0.15) is 11.3 Å². The summed E-state index contributed by atoms with van der Waals surface area (Å²) in [5, 5.41) is 9.52. The molecule has 2 aliphatic rings. The van der Waals surface area contributed by atoms with Crippen molar-refractivity contribution in [3.8, 4) is 5.95 Å². The average molecular weight is 513 g/mol. The lowest BCUT2D eigenvalue weighted by Gasteiger charge is -2.41. The van der Waals surface area contributed by atoms with Crippen LogP contribution < -0.4 is 0 Å². The van der Waals surface area contributed by atoms with Crippen LogP contribution in [0, 0.1) is 5.82 Å². The van der Waals surface area contributed by atoms with Gasteiger partial charge in [-0.05, 0) is 62.8 Å². The van der Waals surface area contributed by atoms with Gasteiger partial charge in [0.25, 0.3) is 5.95 Å². The highest BCUT2D eigenvalue weighted by Gasteiger charge is 2.33. The Morgan fingerprint density at radius 2 is 1.86 bits per heavy atom. The molecular formula is C26H33FN6O4. The molecule has 2 saturated heterocycles. The van der Waals surface area contributed by atoms with Gasteiger partial charge in [0.05, 0.1) is 12.3 Å². The molecule has 0 bridgehead atoms. The van der Waals surface area contributed by atoms with Crippen LogP contribution in [0.25, 0.3) is 16.9 Å². The molecule has 5 rings (SSSR count). The zero-order valence-electron chi connectivity index (χ0n) is 21.5. The summed E-state index contributed by atoms with van der Waals surface area (Å²) in [5.74, 6) is -0.639. The van der Waals surface area contributed by atoms with Crippen molar-refractivity contribution in [3.63, 3.8) is 0 Å². The van der Waals surface area contributed by atoms with Gasteiger partial charge in [-0.1, -0.05) is 26.0 Å². The van der Waals surface area contributed by atoms with E-state index in [1.54, 1.807) is 17.9 Å². The minimum atomic E-state index is -0.771. The molecule has 10 nitrogen and oxygen atoms in total. The van der Waals surface area contributed by atoms with Crippen LogP contribution in [0.15, 0.2) is 22.7 Å². The van der Waals surface area contributed by atoms with Crippen LogP contribution in [0.4, 0.5) is 4.39 Å². The number of halogens is 1. The van der Waals surface area contributed by atoms with Gasteiger partial charge in [-0.15, -0.1) is 0 Å². The van der Waals surface area contributed by atoms with Gasteiger partial charge in [-0.25, -0.2) is 9.18 Å². The second-order valence-electron chi connectivity index (χ2n) is 10.1. The fourth-order valence-corrected chi connectivity index (χ4v) is 5.47. The van der Waals surface area contributed by atoms with E-state index in [1.807, 2.05) is 19.9 Å². The summed E-state index contributed by atoms with van der Waals surface area (Å²) < 4.78 is 26.7. The predicted octanol–water partition coefficient (Wildman–Crippen LogP) is 3.40. The van der Waals surface area contributed by atoms with Gasteiger partial charge < -0.3 is 19.1 Å². The first-order chi connectivity index (χ1) is 17.9. The van der Waals surface area contributed by atoms with Crippen LogP contribution in [0.5, 0.6) is 0 Å². The fraction of sp³-hybridized carbons (Fsp3) is 0.577. The molecule has 2 aromatic heterocycles. The number of hydrogen-bond acceptors (Lipinski definition) is 8. The van der Waals surface area contributed by atoms with E-state index in [1.165, 1.54) is 10.7 Å². The highest BCUT2D eigenvalue weighted by Crippen LogP contribution is 2.32. The number of benzene rings is 1. The van der Waals surface area contributed by atoms with Crippen molar-refractivity contribution in [2.75, 3.05) is 32.8 Å². The zero-order valence-corrected chi connectivity index (χ0v) is 21.5. The number of aromatic nitrogens is 4. The van der Waals surface area contributed by atoms with Crippen molar-refractivity contribution in [1.29, 1.82) is 0 Å². The summed E-state index contributed by atoms with van der Waals surface area (Å²) in [6.45, 7) is 8.82. The normalized spacial score (nSPS) is 18.1. The van der Waals surface area contributed by atoms with Crippen LogP contribution >= 0.6 is 0 Å². The molecule has 2 fully saturated rings. The van der Waals surface area contributed by atoms with E-state index in [0.29, 0.717) is 30.5 Å². The number of ether oxygens (including phenoxy) is 1. The molecule has 0 atom stereocenters. The van der Waals surface area contributed by atoms with Gasteiger partial charge in [0.2, 0.25) is 5.89 Å². The molecule has 198 valence electrons. The number of esters is 1. The molecule has 4 heterocycles. The maximum absolute atomic E-state index is 14.7. The van der Waals surface area contributed by atoms with Gasteiger partial charge in [-0.2, -0.15) is 14.8 Å². The lowest BCUT2D eigenvalue weighted by Crippen LogP contribution is -2.50. The number of rotatable bonds is 5. The number of amides is 1. The van der Waals surface area contributed by atoms with Crippen LogP contribution in [0.3, 0.4) is 0 Å². The van der Waals surface area contributed by atoms with Crippen molar-refractivity contribution in [3.05, 3.63) is 35.6 Å². The Balaban J connectivity index is 1.21. The maximum atomic E-state index is 14.7. The van der Waals surface area contributed by atoms with E-state index in [0.717, 1.165) is 49.9 Å². The first-order valence-electron chi connectivity index (χ1n) is 13.1. The van der Waals surface area contributed by atoms with Crippen LogP contribution in [0.2, 0.25) is 0 Å². The van der Waals surface area contributed by atoms with E-state index in [2.05, 4.69) is 20.1 Å². The first-order valence-corrected chi connectivity index (χ1v) is 13.1. The second-order valence-corrected chi connectivity index (χ2v) is 10.1. The Labute approximate surface area is 214 Å². The number of carbonyl (C=O) groups is 2. The molecule has 0 radical (unpaired) electrons. The molecule has 0 saturated carbocycles. The molecule has 0 spiro atoms. The van der Waals surface area contributed by atoms with Crippen LogP contribution in [0.1, 0.15) is 69.9 Å². The molecule has 1 aromatic carbocycles. The quantitative estimate of drug-likeness (QED) is 0.378. The summed E-state index contributed by atoms with van der Waals surface area (Å²) in [5.41, 5.74) is 1.16. The lowest BCUT2D eigenvalue weighted by atomic mass is 9.93. The smallest absolute Gasteiger partial charge is 0.397 e. The van der Waals surface area contributed by atoms with Crippen molar-refractivity contribution in [1.82, 2.24) is 29.7 Å². The van der Waals surface area contributed by atoms with E-state index in [4.69, 9.17) is 9.26 Å². The Morgan fingerprint density at radius 3 is 2.54 bits per heavy atom. The molecule has 3 aromatic rings. The molecule has 1 amide bonds. The summed E-state index contributed by atoms with van der Waals surface area (Å²) >= 11 is 0. The highest BCUT2D eigenvalue weighted by atomic mass is 19.1. The van der Waals surface area contributed by atoms with Gasteiger partial charge >= 0.3 is 11.9 Å². The number of nitrogens with zero attached hydrogens (tertiary/aromatic N) is 6. The fourth-order valence-electron chi connectivity index (χ4n) is 5.47. The number of hydrogen-bond donors (Lipinski definition) is 0. The zero-order chi connectivity index (χ0) is 26.1. The first kappa shape index (κ1) is 25.3. The monoisotopic (exact) mass is 512 g/mol. The Morgan fingerprint density at radius 1 is 1.14 bits per heavy atom. The SMILES string of the molecule is CCOC(=O)C(=O)N1CCC(N2CCC(c3nc(-n4nc(C(C)C)c5cccc(F)c54)no3)CC2)CC1. The number of fused-ring (bicyclic) bond motifs is 1. The Kier molecular flexibility index (Phi) is 7.23. The largest absolute Gasteiger partial charge is 0.459 e. The summed E-state index contributed by atoms with van der Waals surface area (Å²) in [6.07, 6.45) is 3.40. The van der Waals surface area contributed by atoms with Crippen molar-refractivity contribution < 1.29 is 23.2 Å². The summed E-state index contributed by atoms with van der Waals surface area (Å²) in [7, 11) is 0. The van der Waals surface area contributed by atoms with Crippen LogP contribution in [-0.2, 0) is 14.3 Å². The predicted molar refractivity (Wildman–Crippen MR) is 133 cm³/mol. The number of likely N-dealkylation sites (tertiary alicyclic amines) is 2. The van der Waals surface area contributed by atoms with E-state index in [9.17, 15) is 14.0 Å². The Hall–Kier alpha value is -3.34. The third-order valence-corrected chi connectivity index (χ3v) is 7.45. The van der Waals surface area contributed by atoms with Crippen molar-refractivity contribution in [2.24, 2.45) is 0 Å². The van der Waals surface area contributed by atoms with E-state index >= 15 is 0 Å². The van der Waals surface area contributed by atoms with Gasteiger partial charge in [-0.3, -0.25) is 4.79 Å². The van der Waals surface area contributed by atoms with E-state index < -0.39 is 11.9 Å². The topological polar surface area (TPSA) is 107 Å². The van der Waals surface area contributed by atoms with Crippen molar-refractivity contribution in [2.45, 2.75) is 64.3 Å². The van der Waals surface area contributed by atoms with Crippen LogP contribution in [-0.4, -0.2) is 80.4 Å². The van der Waals surface area contributed by atoms with E-state index in [-0.39, 0.29) is 30.2 Å². The minimum absolute atomic E-state index is 0.122. The second kappa shape index (κ2) is 10.6. The highest BCUT2D eigenvalue weighted by molar-refractivity contribution is 6.32. The average Bonchev–Trinajstić information content (AvgIpc) is 3.55. The maximum Gasteiger partial charge on any atom is 0.397 e. The van der Waals surface area contributed by atoms with Crippen molar-refractivity contribution >= 4 is 22.8 Å². The summed E-state index contributed by atoms with van der Waals surface area (Å²) in [6, 6.07) is 5.34. The Bertz CT molecular complexity index is 1270. The third-order valence-electron chi connectivity index (χ3n) is 7.45. The van der Waals surface area contributed by atoms with Gasteiger partial charge in [0, 0.05) is 30.4 Å². The lowest BCUT2D eigenvalue weighted by molar-refractivity contribution is -0.160. The molecule has 2 aliphatic heterocycles. The number of piperidine rings is 2. The molecule has 37 heavy (non-hydrogen) atoms.